The number of ketones is 3. The van der Waals surface area contributed by atoms with Gasteiger partial charge in [0.2, 0.25) is 0 Å². The Hall–Kier alpha value is -1.62. The number of aldehydes is 1. The van der Waals surface area contributed by atoms with E-state index in [9.17, 15) is 64.2 Å². The fourth-order valence-corrected chi connectivity index (χ4v) is 18.3. The van der Waals surface area contributed by atoms with E-state index in [0.717, 1.165) is 23.0 Å². The standard InChI is InChI=1S/C33H57NO9.C33H56NO9.C31H50NO8.2Rb/c2*1-10-28-25(19-35)15-20(2)11-13-27(36)22(4)16-24(18-30(39-8)40-9)32(21(3)12-14-29(37)42-28)43-33-31(38)26(34(6)7)17-23(5)41-33;1-8-27-24(18-34)15-19(2)9-11-26(35)21(4)16-23(13-14-33)30(20(3)10-12-28(36)39-27)40-31-29(37)25(32(6)7)17-22(5)38-31;;/h11,13,15,21-26,28,30-33,35,38H,10,12,14,16-19H2,1-9H3;11,13,15,21-26,28,30-33,38H,10,12,14,16-19H2,1-9H3;9,11,14-15,20-25,27,29-31,37H,8,10,12-13,16-18H2,1-7H3;;/q;2*-1;2*+1/b2*13-11+,20-15+;11-9+,19-15+;;/t2*21-,22+,23?,24+,25+,26?,28+,31?,32+,33?;20-,21+,22?,23-,24+,25?,27+,29?,30+,31?;;/m000../s1. The quantitative estimate of drug-likeness (QED) is 0.0435. The minimum absolute atomic E-state index is 0. The largest absolute Gasteiger partial charge is 1.00 e. The monoisotopic (exact) mass is 1960 g/mol. The maximum absolute atomic E-state index is 13.3. The van der Waals surface area contributed by atoms with Crippen LogP contribution >= 0.6 is 0 Å². The average Bonchev–Trinajstić information content (AvgIpc) is 0.816. The number of methoxy groups -OCH3 is 4. The molecule has 0 aromatic carbocycles. The van der Waals surface area contributed by atoms with Gasteiger partial charge in [-0.3, -0.25) is 28.8 Å². The van der Waals surface area contributed by atoms with Crippen molar-refractivity contribution in [2.45, 2.75) is 342 Å². The smallest absolute Gasteiger partial charge is 0.854 e. The first-order valence-corrected chi connectivity index (χ1v) is 46.2. The molecule has 0 radical (unpaired) electrons. The third-order valence-electron chi connectivity index (χ3n) is 26.1. The molecule has 6 aliphatic heterocycles. The summed E-state index contributed by atoms with van der Waals surface area (Å²) in [6, 6.07) is -0.477. The second-order valence-electron chi connectivity index (χ2n) is 37.2. The molecule has 724 valence electrons. The van der Waals surface area contributed by atoms with E-state index < -0.39 is 123 Å². The van der Waals surface area contributed by atoms with E-state index >= 15 is 0 Å². The van der Waals surface area contributed by atoms with Crippen LogP contribution in [0.5, 0.6) is 0 Å². The molecule has 4 N–H and O–H groups in total. The Labute approximate surface area is 864 Å². The second-order valence-corrected chi connectivity index (χ2v) is 37.2. The van der Waals surface area contributed by atoms with Gasteiger partial charge < -0.3 is 112 Å². The number of hydrogen-bond donors (Lipinski definition) is 4. The Morgan fingerprint density at radius 2 is 0.695 bits per heavy atom. The summed E-state index contributed by atoms with van der Waals surface area (Å²) in [5, 5.41) is 67.7. The number of esters is 3. The van der Waals surface area contributed by atoms with Gasteiger partial charge in [-0.15, -0.1) is 13.2 Å². The van der Waals surface area contributed by atoms with Crippen LogP contribution in [0, 0.1) is 71.0 Å². The normalized spacial score (nSPS) is 37.6. The van der Waals surface area contributed by atoms with Gasteiger partial charge >= 0.3 is 134 Å². The molecule has 0 aliphatic carbocycles. The average molecular weight is 1960 g/mol. The molecular weight excluding hydrogens is 1790 g/mol. The van der Waals surface area contributed by atoms with Crippen LogP contribution < -0.4 is 127 Å². The number of nitrogens with zero attached hydrogens (tertiary/aromatic N) is 3. The molecule has 29 nitrogen and oxygen atoms in total. The predicted molar refractivity (Wildman–Crippen MR) is 476 cm³/mol. The van der Waals surface area contributed by atoms with E-state index in [1.54, 1.807) is 71.0 Å². The van der Waals surface area contributed by atoms with Crippen LogP contribution in [-0.2, 0) is 95.1 Å². The molecule has 0 spiro atoms. The van der Waals surface area contributed by atoms with Crippen molar-refractivity contribution >= 4 is 41.5 Å². The first-order chi connectivity index (χ1) is 59.6. The summed E-state index contributed by atoms with van der Waals surface area (Å²) in [7, 11) is 17.8. The number of aliphatic hydroxyl groups excluding tert-OH is 4. The molecule has 0 aromatic heterocycles. The summed E-state index contributed by atoms with van der Waals surface area (Å²) < 4.78 is 77.9. The molecule has 0 aromatic rings. The number of cyclic esters (lactones) is 3. The number of carbonyl (C=O) groups excluding carboxylic acids is 7. The van der Waals surface area contributed by atoms with Gasteiger partial charge in [0.1, 0.15) is 42.9 Å². The molecule has 0 amide bonds. The van der Waals surface area contributed by atoms with E-state index in [0.29, 0.717) is 89.9 Å². The summed E-state index contributed by atoms with van der Waals surface area (Å²) >= 11 is 0. The zero-order valence-electron chi connectivity index (χ0n) is 82.7. The minimum Gasteiger partial charge on any atom is -0.854 e. The van der Waals surface area contributed by atoms with Crippen molar-refractivity contribution in [2.75, 3.05) is 90.5 Å². The van der Waals surface area contributed by atoms with Gasteiger partial charge in [0.25, 0.3) is 0 Å². The molecule has 30 atom stereocenters. The Balaban J connectivity index is 0.000000646. The van der Waals surface area contributed by atoms with Gasteiger partial charge in [-0.1, -0.05) is 115 Å². The fraction of sp³-hybridized carbons (Fsp3) is 0.804. The predicted octanol–water partition coefficient (Wildman–Crippen LogP) is 3.97. The van der Waals surface area contributed by atoms with Crippen molar-refractivity contribution in [1.82, 2.24) is 14.7 Å². The minimum atomic E-state index is -0.920. The van der Waals surface area contributed by atoms with Gasteiger partial charge in [0.15, 0.2) is 48.8 Å². The second kappa shape index (κ2) is 63.8. The topological polar surface area (TPSA) is 376 Å². The third-order valence-corrected chi connectivity index (χ3v) is 26.1. The molecular formula is C97H163N3O26Rb2. The zero-order chi connectivity index (χ0) is 94.5. The molecule has 31 heteroatoms. The molecule has 128 heavy (non-hydrogen) atoms. The number of allylic oxidation sites excluding steroid dienone is 9. The Kier molecular flexibility index (Phi) is 61.0. The van der Waals surface area contributed by atoms with E-state index in [1.807, 2.05) is 167 Å². The molecule has 12 unspecified atom stereocenters. The van der Waals surface area contributed by atoms with Gasteiger partial charge in [-0.2, -0.15) is 0 Å². The number of aliphatic hydroxyl groups is 4. The van der Waals surface area contributed by atoms with Crippen molar-refractivity contribution in [3.63, 3.8) is 0 Å². The first-order valence-electron chi connectivity index (χ1n) is 46.2. The van der Waals surface area contributed by atoms with Crippen LogP contribution in [0.15, 0.2) is 71.4 Å². The maximum Gasteiger partial charge on any atom is 1.00 e. The van der Waals surface area contributed by atoms with Crippen LogP contribution in [0.25, 0.3) is 0 Å². The number of ether oxygens (including phenoxy) is 13. The van der Waals surface area contributed by atoms with Crippen molar-refractivity contribution < 1.29 is 242 Å². The van der Waals surface area contributed by atoms with Crippen LogP contribution in [0.1, 0.15) is 219 Å². The third kappa shape index (κ3) is 40.8. The number of hydrogen-bond acceptors (Lipinski definition) is 29. The van der Waals surface area contributed by atoms with Crippen LogP contribution in [0.3, 0.4) is 0 Å². The molecule has 3 fully saturated rings. The Morgan fingerprint density at radius 3 is 0.945 bits per heavy atom. The fourth-order valence-electron chi connectivity index (χ4n) is 18.3. The summed E-state index contributed by atoms with van der Waals surface area (Å²) in [5.41, 5.74) is 2.32. The van der Waals surface area contributed by atoms with Crippen molar-refractivity contribution in [3.8, 4) is 0 Å². The van der Waals surface area contributed by atoms with Gasteiger partial charge in [0, 0.05) is 109 Å². The van der Waals surface area contributed by atoms with Crippen LogP contribution in [-0.4, -0.2) is 290 Å². The van der Waals surface area contributed by atoms with E-state index in [1.165, 1.54) is 6.08 Å². The molecule has 0 saturated carbocycles. The summed E-state index contributed by atoms with van der Waals surface area (Å²) in [5.74, 6) is -5.09. The number of rotatable bonds is 25. The molecule has 6 rings (SSSR count). The molecule has 6 heterocycles. The van der Waals surface area contributed by atoms with Gasteiger partial charge in [-0.05, 0) is 226 Å². The van der Waals surface area contributed by atoms with Gasteiger partial charge in [0.05, 0.1) is 43.2 Å². The van der Waals surface area contributed by atoms with Crippen molar-refractivity contribution in [2.24, 2.45) is 71.0 Å². The molecule has 6 aliphatic rings. The molecule has 0 bridgehead atoms. The van der Waals surface area contributed by atoms with Crippen molar-refractivity contribution in [3.05, 3.63) is 71.4 Å². The summed E-state index contributed by atoms with van der Waals surface area (Å²) in [6.07, 6.45) is 13.6. The van der Waals surface area contributed by atoms with E-state index in [2.05, 4.69) is 0 Å². The Bertz CT molecular complexity index is 3280. The van der Waals surface area contributed by atoms with Gasteiger partial charge in [-0.25, -0.2) is 0 Å². The van der Waals surface area contributed by atoms with E-state index in [4.69, 9.17) is 61.6 Å². The summed E-state index contributed by atoms with van der Waals surface area (Å²) in [4.78, 5) is 96.4. The SMILES string of the molecule is CC[C@H]1OC(=O)CC[C@H](C)[C@@H](OC2OC(C)CC(N(C)C)C2O)[C@@H](CC(OC)OC)C[C@@H](C)C(=O)/C=C/C(C)=C/[C@@H]1CO.CC[C@H]1OC(=O)CC[C@H](C)[C@@H](OC2OC(C)CC(N(C)C)C2O)[C@@H](CC(OC)OC)C[C@@H](C)C(=O)/C=C/C(C)=C/[C@@H]1C[O-].CC[C@H]1OC(=O)CC[C@H](C)[C@@H](OC2OC(C)CC(N(C)C)C2O)[C@@H](CC=O)C[C@@H](C)C(=O)/C=C/C(C)=C/[C@@H]1C[O-].[Rb+].[Rb+]. The number of carbonyl (C=O) groups is 7. The number of likely N-dealkylation sites (N-methyl/N-ethyl adjacent to an activating group) is 3. The first kappa shape index (κ1) is 122. The maximum atomic E-state index is 13.3. The van der Waals surface area contributed by atoms with Crippen LogP contribution in [0.4, 0.5) is 0 Å². The van der Waals surface area contributed by atoms with Crippen molar-refractivity contribution in [1.29, 1.82) is 0 Å². The van der Waals surface area contributed by atoms with Crippen LogP contribution in [0.2, 0.25) is 0 Å². The summed E-state index contributed by atoms with van der Waals surface area (Å²) in [6.45, 7) is 27.6. The molecule has 3 saturated heterocycles. The van der Waals surface area contributed by atoms with E-state index in [-0.39, 0.29) is 268 Å². The zero-order valence-corrected chi connectivity index (χ0v) is 92.5. The Morgan fingerprint density at radius 1 is 0.430 bits per heavy atom.